The zero-order valence-corrected chi connectivity index (χ0v) is 17.3. The van der Waals surface area contributed by atoms with E-state index >= 15 is 0 Å². The summed E-state index contributed by atoms with van der Waals surface area (Å²) in [6.07, 6.45) is 1.78. The Kier molecular flexibility index (Phi) is 3.96. The molecule has 4 nitrogen and oxygen atoms in total. The molecule has 6 heteroatoms. The van der Waals surface area contributed by atoms with Gasteiger partial charge in [-0.05, 0) is 37.1 Å². The van der Waals surface area contributed by atoms with Crippen molar-refractivity contribution in [2.45, 2.75) is 18.8 Å². The van der Waals surface area contributed by atoms with Crippen LogP contribution in [0.2, 0.25) is 0 Å². The number of amides is 1. The second kappa shape index (κ2) is 6.68. The molecule has 0 N–H and O–H groups in total. The number of rotatable bonds is 2. The van der Waals surface area contributed by atoms with Crippen LogP contribution in [0.4, 0.5) is 0 Å². The Bertz CT molecular complexity index is 1320. The zero-order valence-electron chi connectivity index (χ0n) is 15.6. The second-order valence-corrected chi connectivity index (χ2v) is 9.62. The fraction of sp³-hybridized carbons (Fsp3) is 0.217. The first-order valence-corrected chi connectivity index (χ1v) is 11.5. The van der Waals surface area contributed by atoms with Gasteiger partial charge in [0.1, 0.15) is 5.52 Å². The maximum atomic E-state index is 13.1. The van der Waals surface area contributed by atoms with Crippen molar-refractivity contribution in [2.24, 2.45) is 0 Å². The van der Waals surface area contributed by atoms with Crippen LogP contribution >= 0.6 is 22.7 Å². The van der Waals surface area contributed by atoms with E-state index in [9.17, 15) is 4.79 Å². The van der Waals surface area contributed by atoms with Crippen LogP contribution < -0.4 is 0 Å². The number of likely N-dealkylation sites (tertiary alicyclic amines) is 1. The smallest absolute Gasteiger partial charge is 0.263 e. The van der Waals surface area contributed by atoms with Crippen LogP contribution in [0.15, 0.2) is 59.0 Å². The average Bonchev–Trinajstić information content (AvgIpc) is 3.45. The summed E-state index contributed by atoms with van der Waals surface area (Å²) in [6.45, 7) is 1.49. The van der Waals surface area contributed by atoms with Crippen LogP contribution in [-0.4, -0.2) is 28.9 Å². The SMILES string of the molecule is O=C(c1cc2sc3ccccc3c2s1)N1CCC(c2nc3ccccc3o2)CC1. The maximum Gasteiger partial charge on any atom is 0.263 e. The first-order valence-electron chi connectivity index (χ1n) is 9.82. The van der Waals surface area contributed by atoms with Crippen LogP contribution in [-0.2, 0) is 0 Å². The Labute approximate surface area is 175 Å². The molecule has 3 aromatic heterocycles. The lowest BCUT2D eigenvalue weighted by Crippen LogP contribution is -2.37. The number of piperidine rings is 1. The number of aromatic nitrogens is 1. The van der Waals surface area contributed by atoms with Gasteiger partial charge in [-0.2, -0.15) is 0 Å². The van der Waals surface area contributed by atoms with Gasteiger partial charge in [-0.15, -0.1) is 22.7 Å². The van der Waals surface area contributed by atoms with Crippen LogP contribution in [0.3, 0.4) is 0 Å². The third-order valence-corrected chi connectivity index (χ3v) is 8.11. The third-order valence-electron chi connectivity index (χ3n) is 5.70. The number of hydrogen-bond donors (Lipinski definition) is 0. The van der Waals surface area contributed by atoms with Crippen LogP contribution in [0.25, 0.3) is 30.6 Å². The lowest BCUT2D eigenvalue weighted by Gasteiger charge is -2.30. The van der Waals surface area contributed by atoms with Gasteiger partial charge in [0.25, 0.3) is 5.91 Å². The van der Waals surface area contributed by atoms with E-state index in [4.69, 9.17) is 4.42 Å². The first kappa shape index (κ1) is 17.2. The molecular formula is C23H18N2O2S2. The van der Waals surface area contributed by atoms with Crippen molar-refractivity contribution in [2.75, 3.05) is 13.1 Å². The van der Waals surface area contributed by atoms with Gasteiger partial charge in [0.2, 0.25) is 0 Å². The summed E-state index contributed by atoms with van der Waals surface area (Å²) >= 11 is 3.39. The topological polar surface area (TPSA) is 46.3 Å². The summed E-state index contributed by atoms with van der Waals surface area (Å²) in [4.78, 5) is 20.6. The van der Waals surface area contributed by atoms with Gasteiger partial charge in [0.05, 0.1) is 9.58 Å². The van der Waals surface area contributed by atoms with Gasteiger partial charge >= 0.3 is 0 Å². The molecule has 1 saturated heterocycles. The number of nitrogens with zero attached hydrogens (tertiary/aromatic N) is 2. The fourth-order valence-corrected chi connectivity index (χ4v) is 6.65. The Morgan fingerprint density at radius 2 is 1.79 bits per heavy atom. The highest BCUT2D eigenvalue weighted by Gasteiger charge is 2.28. The second-order valence-electron chi connectivity index (χ2n) is 7.49. The van der Waals surface area contributed by atoms with Crippen molar-refractivity contribution < 1.29 is 9.21 Å². The number of oxazole rings is 1. The largest absolute Gasteiger partial charge is 0.440 e. The van der Waals surface area contributed by atoms with Crippen molar-refractivity contribution in [3.05, 3.63) is 65.4 Å². The number of benzene rings is 2. The minimum absolute atomic E-state index is 0.151. The molecule has 0 radical (unpaired) electrons. The van der Waals surface area contributed by atoms with Crippen molar-refractivity contribution in [1.29, 1.82) is 0 Å². The van der Waals surface area contributed by atoms with Crippen LogP contribution in [0, 0.1) is 0 Å². The van der Waals surface area contributed by atoms with E-state index < -0.39 is 0 Å². The minimum atomic E-state index is 0.151. The number of carbonyl (C=O) groups excluding carboxylic acids is 1. The molecule has 0 bridgehead atoms. The highest BCUT2D eigenvalue weighted by Crippen LogP contribution is 2.40. The molecular weight excluding hydrogens is 400 g/mol. The monoisotopic (exact) mass is 418 g/mol. The molecule has 0 spiro atoms. The van der Waals surface area contributed by atoms with E-state index in [0.29, 0.717) is 0 Å². The average molecular weight is 419 g/mol. The Morgan fingerprint density at radius 1 is 1.00 bits per heavy atom. The molecule has 1 fully saturated rings. The van der Waals surface area contributed by atoms with E-state index in [2.05, 4.69) is 35.3 Å². The Balaban J connectivity index is 1.20. The van der Waals surface area contributed by atoms with Crippen LogP contribution in [0.1, 0.15) is 34.3 Å². The van der Waals surface area contributed by atoms with Crippen molar-refractivity contribution >= 4 is 59.2 Å². The van der Waals surface area contributed by atoms with Crippen molar-refractivity contribution in [3.63, 3.8) is 0 Å². The predicted molar refractivity (Wildman–Crippen MR) is 119 cm³/mol. The van der Waals surface area contributed by atoms with Gasteiger partial charge in [-0.1, -0.05) is 30.3 Å². The molecule has 0 atom stereocenters. The van der Waals surface area contributed by atoms with E-state index in [1.807, 2.05) is 29.2 Å². The molecule has 6 rings (SSSR count). The number of thiophene rings is 2. The number of hydrogen-bond acceptors (Lipinski definition) is 5. The van der Waals surface area contributed by atoms with Gasteiger partial charge in [-0.25, -0.2) is 4.98 Å². The van der Waals surface area contributed by atoms with Gasteiger partial charge < -0.3 is 9.32 Å². The predicted octanol–water partition coefficient (Wildman–Crippen LogP) is 6.28. The fourth-order valence-electron chi connectivity index (χ4n) is 4.15. The third kappa shape index (κ3) is 2.86. The summed E-state index contributed by atoms with van der Waals surface area (Å²) in [6, 6.07) is 18.4. The maximum absolute atomic E-state index is 13.1. The molecule has 0 aliphatic carbocycles. The lowest BCUT2D eigenvalue weighted by molar-refractivity contribution is 0.0712. The molecule has 0 saturated carbocycles. The summed E-state index contributed by atoms with van der Waals surface area (Å²) in [5.41, 5.74) is 1.75. The molecule has 2 aromatic carbocycles. The van der Waals surface area contributed by atoms with Crippen molar-refractivity contribution in [3.8, 4) is 0 Å². The van der Waals surface area contributed by atoms with E-state index in [0.717, 1.165) is 47.8 Å². The molecule has 1 amide bonds. The molecule has 5 aromatic rings. The zero-order chi connectivity index (χ0) is 19.4. The van der Waals surface area contributed by atoms with Gasteiger partial charge in [-0.3, -0.25) is 4.79 Å². The van der Waals surface area contributed by atoms with Gasteiger partial charge in [0.15, 0.2) is 11.5 Å². The highest BCUT2D eigenvalue weighted by atomic mass is 32.1. The van der Waals surface area contributed by atoms with Crippen LogP contribution in [0.5, 0.6) is 0 Å². The van der Waals surface area contributed by atoms with Gasteiger partial charge in [0, 0.05) is 33.8 Å². The first-order chi connectivity index (χ1) is 14.3. The molecule has 29 heavy (non-hydrogen) atoms. The standard InChI is InChI=1S/C23H18N2O2S2/c26-23(20-13-19-21(29-20)15-5-1-4-8-18(15)28-19)25-11-9-14(10-12-25)22-24-16-6-2-3-7-17(16)27-22/h1-8,13-14H,9-12H2. The summed E-state index contributed by atoms with van der Waals surface area (Å²) in [7, 11) is 0. The summed E-state index contributed by atoms with van der Waals surface area (Å²) < 4.78 is 9.67. The summed E-state index contributed by atoms with van der Waals surface area (Å²) in [5.74, 6) is 1.24. The van der Waals surface area contributed by atoms with Crippen molar-refractivity contribution in [1.82, 2.24) is 9.88 Å². The highest BCUT2D eigenvalue weighted by molar-refractivity contribution is 7.33. The summed E-state index contributed by atoms with van der Waals surface area (Å²) in [5, 5.41) is 1.26. The van der Waals surface area contributed by atoms with E-state index in [1.54, 1.807) is 22.7 Å². The minimum Gasteiger partial charge on any atom is -0.440 e. The molecule has 1 aliphatic rings. The Morgan fingerprint density at radius 3 is 2.66 bits per heavy atom. The number of para-hydroxylation sites is 2. The Hall–Kier alpha value is -2.70. The molecule has 4 heterocycles. The number of fused-ring (bicyclic) bond motifs is 4. The lowest BCUT2D eigenvalue weighted by atomic mass is 9.96. The van der Waals surface area contributed by atoms with E-state index in [-0.39, 0.29) is 11.8 Å². The molecule has 0 unspecified atom stereocenters. The van der Waals surface area contributed by atoms with E-state index in [1.165, 1.54) is 19.5 Å². The normalized spacial score (nSPS) is 15.7. The number of carbonyl (C=O) groups is 1. The molecule has 1 aliphatic heterocycles. The molecule has 144 valence electrons. The quantitative estimate of drug-likeness (QED) is 0.339.